The van der Waals surface area contributed by atoms with E-state index in [0.29, 0.717) is 22.2 Å². The van der Waals surface area contributed by atoms with Gasteiger partial charge in [0, 0.05) is 22.7 Å². The summed E-state index contributed by atoms with van der Waals surface area (Å²) in [4.78, 5) is 45.0. The van der Waals surface area contributed by atoms with Crippen molar-refractivity contribution < 1.29 is 19.5 Å². The largest absolute Gasteiger partial charge is 0.481 e. The van der Waals surface area contributed by atoms with Crippen molar-refractivity contribution in [2.24, 2.45) is 16.3 Å². The van der Waals surface area contributed by atoms with Crippen LogP contribution in [0, 0.1) is 11.3 Å². The lowest BCUT2D eigenvalue weighted by Gasteiger charge is -2.47. The van der Waals surface area contributed by atoms with Crippen LogP contribution in [0.2, 0.25) is 5.02 Å². The second-order valence-corrected chi connectivity index (χ2v) is 12.9. The molecule has 41 heavy (non-hydrogen) atoms. The molecule has 1 saturated carbocycles. The van der Waals surface area contributed by atoms with Crippen molar-refractivity contribution in [3.05, 3.63) is 70.2 Å². The van der Waals surface area contributed by atoms with Crippen LogP contribution in [0.15, 0.2) is 53.5 Å². The monoisotopic (exact) mass is 579 g/mol. The van der Waals surface area contributed by atoms with Gasteiger partial charge in [-0.25, -0.2) is 0 Å². The molecule has 2 aliphatic rings. The number of carbonyl (C=O) groups is 3. The topological polar surface area (TPSA) is 99.1 Å². The number of aliphatic carboxylic acids is 1. The molecule has 1 aliphatic carbocycles. The second-order valence-electron chi connectivity index (χ2n) is 12.4. The number of rotatable bonds is 10. The number of unbranched alkanes of at least 4 members (excludes halogenated alkanes) is 1. The average molecular weight is 580 g/mol. The molecule has 0 saturated heterocycles. The number of aliphatic imine (C=N–C) groups is 1. The third-order valence-electron chi connectivity index (χ3n) is 8.64. The molecule has 7 nitrogen and oxygen atoms in total. The zero-order valence-electron chi connectivity index (χ0n) is 24.6. The molecule has 0 radical (unpaired) electrons. The number of nitrogens with zero attached hydrogens (tertiary/aromatic N) is 2. The van der Waals surface area contributed by atoms with Crippen LogP contribution >= 0.6 is 11.6 Å². The lowest BCUT2D eigenvalue weighted by Crippen LogP contribution is -2.51. The van der Waals surface area contributed by atoms with Gasteiger partial charge >= 0.3 is 5.97 Å². The van der Waals surface area contributed by atoms with Crippen molar-refractivity contribution >= 4 is 35.1 Å². The Morgan fingerprint density at radius 1 is 1.10 bits per heavy atom. The van der Waals surface area contributed by atoms with Gasteiger partial charge in [-0.2, -0.15) is 0 Å². The molecule has 0 aromatic heterocycles. The average Bonchev–Trinajstić information content (AvgIpc) is 3.20. The van der Waals surface area contributed by atoms with Gasteiger partial charge in [0.2, 0.25) is 0 Å². The van der Waals surface area contributed by atoms with Crippen LogP contribution in [0.5, 0.6) is 0 Å². The van der Waals surface area contributed by atoms with E-state index in [2.05, 4.69) is 33.0 Å². The maximum Gasteiger partial charge on any atom is 0.305 e. The predicted octanol–water partition coefficient (Wildman–Crippen LogP) is 7.04. The molecule has 1 aliphatic heterocycles. The summed E-state index contributed by atoms with van der Waals surface area (Å²) in [7, 11) is 0. The van der Waals surface area contributed by atoms with Crippen LogP contribution in [0.4, 0.5) is 0 Å². The highest BCUT2D eigenvalue weighted by molar-refractivity contribution is 6.47. The number of carbonyl (C=O) groups excluding carboxylic acids is 2. The van der Waals surface area contributed by atoms with Gasteiger partial charge in [-0.05, 0) is 73.3 Å². The third-order valence-corrected chi connectivity index (χ3v) is 8.90. The van der Waals surface area contributed by atoms with E-state index >= 15 is 0 Å². The fraction of sp³-hybridized carbons (Fsp3) is 0.515. The lowest BCUT2D eigenvalue weighted by molar-refractivity contribution is -0.137. The number of hydrogen-bond donors (Lipinski definition) is 2. The van der Waals surface area contributed by atoms with E-state index in [4.69, 9.17) is 21.7 Å². The van der Waals surface area contributed by atoms with Crippen molar-refractivity contribution in [1.29, 1.82) is 0 Å². The molecular formula is C33H42ClN3O4. The van der Waals surface area contributed by atoms with Gasteiger partial charge in [-0.1, -0.05) is 76.4 Å². The summed E-state index contributed by atoms with van der Waals surface area (Å²) < 4.78 is 0. The summed E-state index contributed by atoms with van der Waals surface area (Å²) in [5, 5.41) is 12.1. The van der Waals surface area contributed by atoms with E-state index in [1.54, 1.807) is 24.3 Å². The molecule has 2 N–H and O–H groups in total. The van der Waals surface area contributed by atoms with Crippen molar-refractivity contribution in [3.8, 4) is 0 Å². The molecule has 8 heteroatoms. The number of nitrogens with one attached hydrogen (secondary N) is 1. The minimum atomic E-state index is -0.958. The van der Waals surface area contributed by atoms with E-state index in [1.807, 2.05) is 29.2 Å². The molecule has 220 valence electrons. The highest BCUT2D eigenvalue weighted by atomic mass is 35.5. The predicted molar refractivity (Wildman–Crippen MR) is 162 cm³/mol. The van der Waals surface area contributed by atoms with Gasteiger partial charge in [0.15, 0.2) is 0 Å². The van der Waals surface area contributed by atoms with Gasteiger partial charge in [-0.15, -0.1) is 0 Å². The van der Waals surface area contributed by atoms with Gasteiger partial charge in [0.05, 0.1) is 12.5 Å². The van der Waals surface area contributed by atoms with Crippen LogP contribution in [-0.2, 0) is 9.59 Å². The number of amides is 2. The van der Waals surface area contributed by atoms with E-state index in [-0.39, 0.29) is 36.2 Å². The number of carboxylic acid groups (broad SMARTS) is 1. The Kier molecular flexibility index (Phi) is 9.58. The Hall–Kier alpha value is -3.19. The molecule has 2 aromatic carbocycles. The van der Waals surface area contributed by atoms with Gasteiger partial charge in [0.1, 0.15) is 11.4 Å². The van der Waals surface area contributed by atoms with E-state index in [9.17, 15) is 14.4 Å². The molecule has 1 spiro atoms. The third kappa shape index (κ3) is 7.00. The van der Waals surface area contributed by atoms with Crippen LogP contribution in [0.1, 0.15) is 107 Å². The summed E-state index contributed by atoms with van der Waals surface area (Å²) in [6.07, 6.45) is 6.22. The summed E-state index contributed by atoms with van der Waals surface area (Å²) in [5.41, 5.74) is 2.28. The highest BCUT2D eigenvalue weighted by Gasteiger charge is 2.52. The fourth-order valence-electron chi connectivity index (χ4n) is 6.22. The van der Waals surface area contributed by atoms with Crippen molar-refractivity contribution in [3.63, 3.8) is 0 Å². The molecule has 2 amide bonds. The SMILES string of the molecule is CCCC[C@H](c1ccc(C(=O)NCCC(=O)O)cc1)N1C(=O)C(c2ccc(Cl)cc2)=NC12CCC(C(C)(C)C)CC2. The van der Waals surface area contributed by atoms with Gasteiger partial charge in [-0.3, -0.25) is 19.4 Å². The van der Waals surface area contributed by atoms with E-state index in [1.165, 1.54) is 0 Å². The first-order valence-electron chi connectivity index (χ1n) is 14.7. The standard InChI is InChI=1S/C33H42ClN3O4/c1-5-6-7-27(22-8-10-24(11-9-22)30(40)35-21-18-28(38)39)37-31(41)29(23-12-14-26(34)15-13-23)36-33(37)19-16-25(17-20-33)32(2,3)4/h8-15,25,27H,5-7,16-21H2,1-4H3,(H,35,40)(H,38,39)/t25?,27-,33?/m1/s1. The van der Waals surface area contributed by atoms with E-state index in [0.717, 1.165) is 56.1 Å². The summed E-state index contributed by atoms with van der Waals surface area (Å²) in [6.45, 7) is 9.09. The minimum Gasteiger partial charge on any atom is -0.481 e. The van der Waals surface area contributed by atoms with Crippen LogP contribution in [-0.4, -0.2) is 45.7 Å². The Morgan fingerprint density at radius 2 is 1.73 bits per heavy atom. The molecule has 2 aromatic rings. The van der Waals surface area contributed by atoms with Gasteiger partial charge in [0.25, 0.3) is 11.8 Å². The normalized spacial score (nSPS) is 21.6. The highest BCUT2D eigenvalue weighted by Crippen LogP contribution is 2.50. The van der Waals surface area contributed by atoms with E-state index < -0.39 is 11.6 Å². The molecule has 4 rings (SSSR count). The quantitative estimate of drug-likeness (QED) is 0.315. The van der Waals surface area contributed by atoms with Crippen LogP contribution in [0.25, 0.3) is 0 Å². The number of benzene rings is 2. The second kappa shape index (κ2) is 12.8. The minimum absolute atomic E-state index is 0.0573. The Labute approximate surface area is 248 Å². The first kappa shape index (κ1) is 30.8. The Morgan fingerprint density at radius 3 is 2.29 bits per heavy atom. The molecule has 1 atom stereocenters. The van der Waals surface area contributed by atoms with Gasteiger partial charge < -0.3 is 15.3 Å². The summed E-state index contributed by atoms with van der Waals surface area (Å²) >= 11 is 6.16. The van der Waals surface area contributed by atoms with Crippen LogP contribution in [0.3, 0.4) is 0 Å². The number of halogens is 1. The summed E-state index contributed by atoms with van der Waals surface area (Å²) in [5.74, 6) is -0.767. The van der Waals surface area contributed by atoms with Crippen molar-refractivity contribution in [2.75, 3.05) is 6.54 Å². The maximum atomic E-state index is 14.3. The molecule has 0 unspecified atom stereocenters. The Balaban J connectivity index is 1.68. The molecule has 1 fully saturated rings. The summed E-state index contributed by atoms with van der Waals surface area (Å²) in [6, 6.07) is 14.5. The number of hydrogen-bond acceptors (Lipinski definition) is 4. The fourth-order valence-corrected chi connectivity index (χ4v) is 6.35. The molecular weight excluding hydrogens is 538 g/mol. The van der Waals surface area contributed by atoms with Crippen LogP contribution < -0.4 is 5.32 Å². The number of carboxylic acids is 1. The smallest absolute Gasteiger partial charge is 0.305 e. The molecule has 1 heterocycles. The maximum absolute atomic E-state index is 14.3. The van der Waals surface area contributed by atoms with Crippen molar-refractivity contribution in [1.82, 2.24) is 10.2 Å². The Bertz CT molecular complexity index is 1270. The zero-order chi connectivity index (χ0) is 29.8. The van der Waals surface area contributed by atoms with Crippen molar-refractivity contribution in [2.45, 2.75) is 90.8 Å². The molecule has 0 bridgehead atoms. The zero-order valence-corrected chi connectivity index (χ0v) is 25.3. The first-order chi connectivity index (χ1) is 19.4. The lowest BCUT2D eigenvalue weighted by atomic mass is 9.69. The first-order valence-corrected chi connectivity index (χ1v) is 15.1.